The highest BCUT2D eigenvalue weighted by molar-refractivity contribution is 8.00. The van der Waals surface area contributed by atoms with Crippen molar-refractivity contribution in [1.82, 2.24) is 5.32 Å². The first-order valence-corrected chi connectivity index (χ1v) is 8.77. The van der Waals surface area contributed by atoms with Gasteiger partial charge >= 0.3 is 6.18 Å². The van der Waals surface area contributed by atoms with Crippen LogP contribution in [0.25, 0.3) is 0 Å². The summed E-state index contributed by atoms with van der Waals surface area (Å²) < 4.78 is 38.1. The molecule has 0 radical (unpaired) electrons. The zero-order valence-corrected chi connectivity index (χ0v) is 14.5. The Balaban J connectivity index is 1.96. The molecule has 134 valence electrons. The monoisotopic (exact) mass is 368 g/mol. The van der Waals surface area contributed by atoms with E-state index < -0.39 is 11.7 Å². The van der Waals surface area contributed by atoms with Gasteiger partial charge in [0.15, 0.2) is 0 Å². The van der Waals surface area contributed by atoms with E-state index in [1.807, 2.05) is 25.1 Å². The van der Waals surface area contributed by atoms with Gasteiger partial charge in [0.05, 0.1) is 11.3 Å². The highest BCUT2D eigenvalue weighted by Gasteiger charge is 2.30. The van der Waals surface area contributed by atoms with E-state index >= 15 is 0 Å². The Labute approximate surface area is 149 Å². The fourth-order valence-corrected chi connectivity index (χ4v) is 2.91. The number of thioether (sulfide) groups is 1. The first-order valence-electron chi connectivity index (χ1n) is 7.78. The van der Waals surface area contributed by atoms with E-state index in [-0.39, 0.29) is 11.7 Å². The number of rotatable bonds is 7. The van der Waals surface area contributed by atoms with Crippen LogP contribution in [0.4, 0.5) is 18.9 Å². The van der Waals surface area contributed by atoms with Crippen LogP contribution in [0.3, 0.4) is 0 Å². The van der Waals surface area contributed by atoms with Crippen LogP contribution in [0.1, 0.15) is 18.1 Å². The minimum Gasteiger partial charge on any atom is -0.325 e. The highest BCUT2D eigenvalue weighted by atomic mass is 32.2. The molecule has 0 aliphatic heterocycles. The summed E-state index contributed by atoms with van der Waals surface area (Å²) in [6, 6.07) is 12.4. The van der Waals surface area contributed by atoms with Crippen LogP contribution in [-0.4, -0.2) is 18.2 Å². The predicted octanol–water partition coefficient (Wildman–Crippen LogP) is 4.55. The molecular formula is C18H19F3N2OS. The lowest BCUT2D eigenvalue weighted by Gasteiger charge is -2.12. The van der Waals surface area contributed by atoms with E-state index in [1.165, 1.54) is 6.07 Å². The second-order valence-corrected chi connectivity index (χ2v) is 6.35. The van der Waals surface area contributed by atoms with E-state index in [0.29, 0.717) is 17.1 Å². The Morgan fingerprint density at radius 3 is 2.60 bits per heavy atom. The summed E-state index contributed by atoms with van der Waals surface area (Å²) in [5, 5.41) is 6.01. The van der Waals surface area contributed by atoms with Crippen molar-refractivity contribution in [2.75, 3.05) is 17.6 Å². The van der Waals surface area contributed by atoms with Gasteiger partial charge < -0.3 is 10.6 Å². The second-order valence-electron chi connectivity index (χ2n) is 5.30. The number of para-hydroxylation sites is 1. The maximum Gasteiger partial charge on any atom is 0.416 e. The Bertz CT molecular complexity index is 719. The summed E-state index contributed by atoms with van der Waals surface area (Å²) in [4.78, 5) is 12.5. The molecule has 0 aromatic heterocycles. The lowest BCUT2D eigenvalue weighted by Crippen LogP contribution is -2.18. The minimum atomic E-state index is -4.38. The summed E-state index contributed by atoms with van der Waals surface area (Å²) in [5.74, 6) is -0.219. The van der Waals surface area contributed by atoms with Gasteiger partial charge in [0.2, 0.25) is 5.91 Å². The fraction of sp³-hybridized carbons (Fsp3) is 0.278. The zero-order valence-electron chi connectivity index (χ0n) is 13.7. The molecule has 7 heteroatoms. The molecule has 0 unspecified atom stereocenters. The first-order chi connectivity index (χ1) is 11.9. The minimum absolute atomic E-state index is 0.0385. The molecule has 2 rings (SSSR count). The molecular weight excluding hydrogens is 349 g/mol. The average molecular weight is 368 g/mol. The molecule has 0 atom stereocenters. The summed E-state index contributed by atoms with van der Waals surface area (Å²) in [6.07, 6.45) is -4.38. The maximum absolute atomic E-state index is 12.7. The lowest BCUT2D eigenvalue weighted by atomic mass is 10.1. The van der Waals surface area contributed by atoms with Crippen LogP contribution in [0.5, 0.6) is 0 Å². The number of halogens is 3. The smallest absolute Gasteiger partial charge is 0.325 e. The Hall–Kier alpha value is -1.99. The molecule has 0 spiro atoms. The van der Waals surface area contributed by atoms with Crippen LogP contribution in [-0.2, 0) is 17.5 Å². The van der Waals surface area contributed by atoms with Gasteiger partial charge in [0.1, 0.15) is 0 Å². The topological polar surface area (TPSA) is 41.1 Å². The average Bonchev–Trinajstić information content (AvgIpc) is 2.59. The van der Waals surface area contributed by atoms with Crippen molar-refractivity contribution in [2.45, 2.75) is 24.5 Å². The van der Waals surface area contributed by atoms with Gasteiger partial charge in [-0.25, -0.2) is 0 Å². The highest BCUT2D eigenvalue weighted by Crippen LogP contribution is 2.31. The molecule has 2 aromatic rings. The van der Waals surface area contributed by atoms with Crippen LogP contribution < -0.4 is 10.6 Å². The number of anilines is 1. The lowest BCUT2D eigenvalue weighted by molar-refractivity contribution is -0.137. The van der Waals surface area contributed by atoms with Crippen molar-refractivity contribution in [2.24, 2.45) is 0 Å². The van der Waals surface area contributed by atoms with E-state index in [1.54, 1.807) is 12.1 Å². The van der Waals surface area contributed by atoms with E-state index in [0.717, 1.165) is 36.0 Å². The zero-order chi connectivity index (χ0) is 18.3. The van der Waals surface area contributed by atoms with E-state index in [4.69, 9.17) is 0 Å². The van der Waals surface area contributed by atoms with Gasteiger partial charge in [-0.15, -0.1) is 11.8 Å². The molecule has 0 bridgehead atoms. The van der Waals surface area contributed by atoms with Crippen molar-refractivity contribution in [3.63, 3.8) is 0 Å². The number of carbonyl (C=O) groups is 1. The third-order valence-corrected chi connectivity index (χ3v) is 4.38. The van der Waals surface area contributed by atoms with E-state index in [2.05, 4.69) is 10.6 Å². The number of carbonyl (C=O) groups excluding carboxylic acids is 1. The Kier molecular flexibility index (Phi) is 6.90. The predicted molar refractivity (Wildman–Crippen MR) is 94.6 cm³/mol. The number of amides is 1. The second kappa shape index (κ2) is 8.92. The van der Waals surface area contributed by atoms with Crippen LogP contribution in [0.15, 0.2) is 53.4 Å². The largest absolute Gasteiger partial charge is 0.416 e. The molecule has 0 aliphatic carbocycles. The van der Waals surface area contributed by atoms with Crippen molar-refractivity contribution < 1.29 is 18.0 Å². The normalized spacial score (nSPS) is 11.4. The van der Waals surface area contributed by atoms with Crippen molar-refractivity contribution in [1.29, 1.82) is 0 Å². The van der Waals surface area contributed by atoms with Crippen molar-refractivity contribution in [3.05, 3.63) is 59.7 Å². The van der Waals surface area contributed by atoms with Crippen LogP contribution in [0, 0.1) is 0 Å². The number of nitrogens with one attached hydrogen (secondary N) is 2. The number of alkyl halides is 3. The SMILES string of the molecule is CCNCc1ccccc1NC(=O)CSc1cccc(C(F)(F)F)c1. The van der Waals surface area contributed by atoms with Gasteiger partial charge in [-0.05, 0) is 36.4 Å². The molecule has 3 nitrogen and oxygen atoms in total. The molecule has 0 saturated heterocycles. The summed E-state index contributed by atoms with van der Waals surface area (Å²) >= 11 is 1.07. The summed E-state index contributed by atoms with van der Waals surface area (Å²) in [7, 11) is 0. The summed E-state index contributed by atoms with van der Waals surface area (Å²) in [5.41, 5.74) is 0.953. The molecule has 2 aromatic carbocycles. The molecule has 0 saturated carbocycles. The van der Waals surface area contributed by atoms with Crippen molar-refractivity contribution in [3.8, 4) is 0 Å². The molecule has 0 fully saturated rings. The molecule has 2 N–H and O–H groups in total. The standard InChI is InChI=1S/C18H19F3N2OS/c1-2-22-11-13-6-3-4-9-16(13)23-17(24)12-25-15-8-5-7-14(10-15)18(19,20)21/h3-10,22H,2,11-12H2,1H3,(H,23,24). The number of hydrogen-bond acceptors (Lipinski definition) is 3. The summed E-state index contributed by atoms with van der Waals surface area (Å²) in [6.45, 7) is 3.44. The third kappa shape index (κ3) is 6.10. The number of hydrogen-bond donors (Lipinski definition) is 2. The number of benzene rings is 2. The molecule has 1 amide bonds. The first kappa shape index (κ1) is 19.3. The van der Waals surface area contributed by atoms with Crippen molar-refractivity contribution >= 4 is 23.4 Å². The Morgan fingerprint density at radius 2 is 1.88 bits per heavy atom. The van der Waals surface area contributed by atoms with Crippen LogP contribution >= 0.6 is 11.8 Å². The van der Waals surface area contributed by atoms with Crippen LogP contribution in [0.2, 0.25) is 0 Å². The Morgan fingerprint density at radius 1 is 1.12 bits per heavy atom. The van der Waals surface area contributed by atoms with Gasteiger partial charge in [-0.3, -0.25) is 4.79 Å². The quantitative estimate of drug-likeness (QED) is 0.705. The van der Waals surface area contributed by atoms with Gasteiger partial charge in [0, 0.05) is 17.1 Å². The molecule has 0 heterocycles. The van der Waals surface area contributed by atoms with Gasteiger partial charge in [-0.1, -0.05) is 31.2 Å². The third-order valence-electron chi connectivity index (χ3n) is 3.39. The molecule has 25 heavy (non-hydrogen) atoms. The van der Waals surface area contributed by atoms with Gasteiger partial charge in [0.25, 0.3) is 0 Å². The molecule has 0 aliphatic rings. The maximum atomic E-state index is 12.7. The fourth-order valence-electron chi connectivity index (χ4n) is 2.15. The van der Waals surface area contributed by atoms with Gasteiger partial charge in [-0.2, -0.15) is 13.2 Å². The van der Waals surface area contributed by atoms with E-state index in [9.17, 15) is 18.0 Å².